The first-order valence-corrected chi connectivity index (χ1v) is 7.31. The van der Waals surface area contributed by atoms with Crippen molar-refractivity contribution in [2.45, 2.75) is 20.3 Å². The molecule has 0 spiro atoms. The Morgan fingerprint density at radius 2 is 2.00 bits per heavy atom. The Bertz CT molecular complexity index is 668. The maximum absolute atomic E-state index is 12.6. The van der Waals surface area contributed by atoms with Gasteiger partial charge in [0.1, 0.15) is 0 Å². The zero-order valence-electron chi connectivity index (χ0n) is 12.5. The number of halogens is 1. The van der Waals surface area contributed by atoms with E-state index in [1.54, 1.807) is 25.2 Å². The predicted octanol–water partition coefficient (Wildman–Crippen LogP) is 4.50. The van der Waals surface area contributed by atoms with Gasteiger partial charge in [0.05, 0.1) is 5.56 Å². The lowest BCUT2D eigenvalue weighted by molar-refractivity contribution is 0.102. The van der Waals surface area contributed by atoms with Gasteiger partial charge in [0.15, 0.2) is 0 Å². The van der Waals surface area contributed by atoms with E-state index in [1.807, 2.05) is 25.1 Å². The van der Waals surface area contributed by atoms with Crippen molar-refractivity contribution in [3.63, 3.8) is 0 Å². The fourth-order valence-electron chi connectivity index (χ4n) is 2.31. The molecule has 2 aromatic rings. The minimum atomic E-state index is -0.161. The van der Waals surface area contributed by atoms with Crippen molar-refractivity contribution in [1.82, 2.24) is 0 Å². The van der Waals surface area contributed by atoms with Gasteiger partial charge in [-0.15, -0.1) is 0 Å². The van der Waals surface area contributed by atoms with Crippen molar-refractivity contribution in [3.8, 4) is 0 Å². The fourth-order valence-corrected chi connectivity index (χ4v) is 2.48. The molecular formula is C17H19ClN2O. The minimum Gasteiger partial charge on any atom is -0.387 e. The number of carbonyl (C=O) groups is 1. The lowest BCUT2D eigenvalue weighted by atomic mass is 10.0. The standard InChI is InChI=1S/C17H19ClN2O/c1-4-12-7-5-6-11(2)16(12)20-17(21)14-10-13(18)8-9-15(14)19-3/h5-10,19H,4H2,1-3H3,(H,20,21). The summed E-state index contributed by atoms with van der Waals surface area (Å²) < 4.78 is 0. The lowest BCUT2D eigenvalue weighted by Crippen LogP contribution is -2.16. The van der Waals surface area contributed by atoms with E-state index in [-0.39, 0.29) is 5.91 Å². The normalized spacial score (nSPS) is 10.3. The Labute approximate surface area is 130 Å². The van der Waals surface area contributed by atoms with Crippen molar-refractivity contribution < 1.29 is 4.79 Å². The highest BCUT2D eigenvalue weighted by Crippen LogP contribution is 2.25. The summed E-state index contributed by atoms with van der Waals surface area (Å²) in [6.45, 7) is 4.06. The molecule has 0 aliphatic heterocycles. The van der Waals surface area contributed by atoms with Gasteiger partial charge in [-0.25, -0.2) is 0 Å². The van der Waals surface area contributed by atoms with E-state index in [2.05, 4.69) is 17.6 Å². The van der Waals surface area contributed by atoms with Crippen LogP contribution in [0.15, 0.2) is 36.4 Å². The fraction of sp³-hybridized carbons (Fsp3) is 0.235. The number of anilines is 2. The Kier molecular flexibility index (Phi) is 4.86. The summed E-state index contributed by atoms with van der Waals surface area (Å²) in [5.41, 5.74) is 4.35. The molecule has 0 unspecified atom stereocenters. The Hall–Kier alpha value is -2.00. The van der Waals surface area contributed by atoms with E-state index in [0.29, 0.717) is 10.6 Å². The molecule has 110 valence electrons. The third-order valence-corrected chi connectivity index (χ3v) is 3.71. The highest BCUT2D eigenvalue weighted by molar-refractivity contribution is 6.31. The topological polar surface area (TPSA) is 41.1 Å². The zero-order valence-corrected chi connectivity index (χ0v) is 13.2. The summed E-state index contributed by atoms with van der Waals surface area (Å²) in [6, 6.07) is 11.3. The van der Waals surface area contributed by atoms with Gasteiger partial charge in [0.25, 0.3) is 5.91 Å². The number of benzene rings is 2. The summed E-state index contributed by atoms with van der Waals surface area (Å²) in [4.78, 5) is 12.6. The highest BCUT2D eigenvalue weighted by atomic mass is 35.5. The first-order valence-electron chi connectivity index (χ1n) is 6.94. The second kappa shape index (κ2) is 6.64. The van der Waals surface area contributed by atoms with Crippen LogP contribution in [0.4, 0.5) is 11.4 Å². The van der Waals surface area contributed by atoms with E-state index < -0.39 is 0 Å². The third kappa shape index (κ3) is 3.37. The Morgan fingerprint density at radius 3 is 2.67 bits per heavy atom. The second-order valence-corrected chi connectivity index (χ2v) is 5.29. The van der Waals surface area contributed by atoms with Crippen LogP contribution in [-0.4, -0.2) is 13.0 Å². The van der Waals surface area contributed by atoms with Gasteiger partial charge >= 0.3 is 0 Å². The van der Waals surface area contributed by atoms with Gasteiger partial charge < -0.3 is 10.6 Å². The molecular weight excluding hydrogens is 284 g/mol. The maximum Gasteiger partial charge on any atom is 0.257 e. The molecule has 0 saturated carbocycles. The number of hydrogen-bond acceptors (Lipinski definition) is 2. The average molecular weight is 303 g/mol. The summed E-state index contributed by atoms with van der Waals surface area (Å²) in [5.74, 6) is -0.161. The number of carbonyl (C=O) groups excluding carboxylic acids is 1. The van der Waals surface area contributed by atoms with E-state index in [9.17, 15) is 4.79 Å². The van der Waals surface area contributed by atoms with Gasteiger partial charge in [0.2, 0.25) is 0 Å². The molecule has 4 heteroatoms. The number of amides is 1. The first kappa shape index (κ1) is 15.4. The molecule has 0 aliphatic carbocycles. The zero-order chi connectivity index (χ0) is 15.4. The molecule has 2 aromatic carbocycles. The van der Waals surface area contributed by atoms with Crippen LogP contribution in [0, 0.1) is 6.92 Å². The van der Waals surface area contributed by atoms with Crippen molar-refractivity contribution in [3.05, 3.63) is 58.1 Å². The number of rotatable bonds is 4. The van der Waals surface area contributed by atoms with Crippen molar-refractivity contribution in [2.75, 3.05) is 17.7 Å². The van der Waals surface area contributed by atoms with Crippen molar-refractivity contribution >= 4 is 28.9 Å². The molecule has 0 atom stereocenters. The number of hydrogen-bond donors (Lipinski definition) is 2. The van der Waals surface area contributed by atoms with E-state index in [1.165, 1.54) is 0 Å². The Balaban J connectivity index is 2.37. The first-order chi connectivity index (χ1) is 10.1. The molecule has 1 amide bonds. The van der Waals surface area contributed by atoms with Crippen LogP contribution in [0.5, 0.6) is 0 Å². The van der Waals surface area contributed by atoms with Crippen LogP contribution in [-0.2, 0) is 6.42 Å². The van der Waals surface area contributed by atoms with E-state index >= 15 is 0 Å². The van der Waals surface area contributed by atoms with Gasteiger partial charge in [-0.1, -0.05) is 36.7 Å². The maximum atomic E-state index is 12.6. The molecule has 0 fully saturated rings. The van der Waals surface area contributed by atoms with E-state index in [4.69, 9.17) is 11.6 Å². The molecule has 3 nitrogen and oxygen atoms in total. The number of aryl methyl sites for hydroxylation is 2. The Morgan fingerprint density at radius 1 is 1.24 bits per heavy atom. The predicted molar refractivity (Wildman–Crippen MR) is 89.5 cm³/mol. The van der Waals surface area contributed by atoms with Gasteiger partial charge in [0, 0.05) is 23.4 Å². The lowest BCUT2D eigenvalue weighted by Gasteiger charge is -2.15. The van der Waals surface area contributed by atoms with Gasteiger partial charge in [-0.2, -0.15) is 0 Å². The van der Waals surface area contributed by atoms with E-state index in [0.717, 1.165) is 28.9 Å². The molecule has 2 N–H and O–H groups in total. The highest BCUT2D eigenvalue weighted by Gasteiger charge is 2.14. The summed E-state index contributed by atoms with van der Waals surface area (Å²) in [6.07, 6.45) is 0.867. The molecule has 0 aliphatic rings. The van der Waals surface area contributed by atoms with Crippen molar-refractivity contribution in [2.24, 2.45) is 0 Å². The summed E-state index contributed by atoms with van der Waals surface area (Å²) in [5, 5.41) is 6.56. The van der Waals surface area contributed by atoms with Gasteiger partial charge in [-0.3, -0.25) is 4.79 Å². The smallest absolute Gasteiger partial charge is 0.257 e. The SMILES string of the molecule is CCc1cccc(C)c1NC(=O)c1cc(Cl)ccc1NC. The molecule has 2 rings (SSSR count). The van der Waals surface area contributed by atoms with Crippen LogP contribution in [0.2, 0.25) is 5.02 Å². The molecule has 0 heterocycles. The third-order valence-electron chi connectivity index (χ3n) is 3.47. The molecule has 0 bridgehead atoms. The van der Waals surface area contributed by atoms with Crippen LogP contribution in [0.3, 0.4) is 0 Å². The number of nitrogens with one attached hydrogen (secondary N) is 2. The van der Waals surface area contributed by atoms with Gasteiger partial charge in [-0.05, 0) is 42.7 Å². The molecule has 0 aromatic heterocycles. The quantitative estimate of drug-likeness (QED) is 0.872. The van der Waals surface area contributed by atoms with Crippen LogP contribution in [0.25, 0.3) is 0 Å². The minimum absolute atomic E-state index is 0.161. The molecule has 0 saturated heterocycles. The average Bonchev–Trinajstić information content (AvgIpc) is 2.49. The molecule has 0 radical (unpaired) electrons. The van der Waals surface area contributed by atoms with Crippen LogP contribution < -0.4 is 10.6 Å². The monoisotopic (exact) mass is 302 g/mol. The summed E-state index contributed by atoms with van der Waals surface area (Å²) >= 11 is 6.00. The van der Waals surface area contributed by atoms with Crippen LogP contribution in [0.1, 0.15) is 28.4 Å². The largest absolute Gasteiger partial charge is 0.387 e. The molecule has 21 heavy (non-hydrogen) atoms. The second-order valence-electron chi connectivity index (χ2n) is 4.86. The number of para-hydroxylation sites is 1. The van der Waals surface area contributed by atoms with Crippen LogP contribution >= 0.6 is 11.6 Å². The summed E-state index contributed by atoms with van der Waals surface area (Å²) in [7, 11) is 1.78. The van der Waals surface area contributed by atoms with Crippen molar-refractivity contribution in [1.29, 1.82) is 0 Å².